The molecule has 0 bridgehead atoms. The van der Waals surface area contributed by atoms with Crippen LogP contribution in [0.2, 0.25) is 15.2 Å². The van der Waals surface area contributed by atoms with Crippen LogP contribution in [0, 0.1) is 0 Å². The summed E-state index contributed by atoms with van der Waals surface area (Å²) in [4.78, 5) is 15.7. The summed E-state index contributed by atoms with van der Waals surface area (Å²) in [5.41, 5.74) is 1.49. The fraction of sp³-hybridized carbons (Fsp3) is 0.214. The van der Waals surface area contributed by atoms with Crippen molar-refractivity contribution in [1.82, 2.24) is 19.9 Å². The molecule has 0 spiro atoms. The first-order valence-electron chi connectivity index (χ1n) is 6.56. The minimum absolute atomic E-state index is 0.266. The molecule has 22 heavy (non-hydrogen) atoms. The van der Waals surface area contributed by atoms with Gasteiger partial charge in [-0.15, -0.1) is 0 Å². The molecule has 0 unspecified atom stereocenters. The first kappa shape index (κ1) is 15.3. The number of hydrogen-bond acceptors (Lipinski definition) is 4. The van der Waals surface area contributed by atoms with Gasteiger partial charge < -0.3 is 9.72 Å². The minimum Gasteiger partial charge on any atom is -0.492 e. The second-order valence-electron chi connectivity index (χ2n) is 4.60. The first-order valence-corrected chi connectivity index (χ1v) is 7.69. The van der Waals surface area contributed by atoms with Crippen molar-refractivity contribution in [2.75, 3.05) is 6.61 Å². The van der Waals surface area contributed by atoms with Crippen LogP contribution in [0.15, 0.2) is 24.5 Å². The van der Waals surface area contributed by atoms with E-state index in [2.05, 4.69) is 19.9 Å². The largest absolute Gasteiger partial charge is 0.492 e. The van der Waals surface area contributed by atoms with E-state index < -0.39 is 0 Å². The van der Waals surface area contributed by atoms with Gasteiger partial charge in [-0.05, 0) is 12.5 Å². The number of ether oxygens (including phenoxy) is 1. The Morgan fingerprint density at radius 3 is 2.77 bits per heavy atom. The summed E-state index contributed by atoms with van der Waals surface area (Å²) in [6.07, 6.45) is 4.65. The van der Waals surface area contributed by atoms with E-state index in [0.29, 0.717) is 28.0 Å². The number of imidazole rings is 1. The minimum atomic E-state index is 0.266. The van der Waals surface area contributed by atoms with Crippen LogP contribution in [0.1, 0.15) is 12.2 Å². The molecule has 0 amide bonds. The van der Waals surface area contributed by atoms with Crippen molar-refractivity contribution in [3.05, 3.63) is 45.5 Å². The van der Waals surface area contributed by atoms with E-state index in [1.54, 1.807) is 24.5 Å². The van der Waals surface area contributed by atoms with Crippen molar-refractivity contribution in [2.45, 2.75) is 12.8 Å². The van der Waals surface area contributed by atoms with E-state index in [0.717, 1.165) is 24.2 Å². The molecule has 3 aromatic rings. The van der Waals surface area contributed by atoms with Crippen molar-refractivity contribution in [3.8, 4) is 5.75 Å². The zero-order valence-electron chi connectivity index (χ0n) is 11.3. The van der Waals surface area contributed by atoms with E-state index in [4.69, 9.17) is 39.5 Å². The molecule has 3 aromatic heterocycles. The number of rotatable bonds is 5. The third-order valence-electron chi connectivity index (χ3n) is 2.95. The van der Waals surface area contributed by atoms with Gasteiger partial charge in [0.15, 0.2) is 5.65 Å². The molecule has 0 radical (unpaired) electrons. The van der Waals surface area contributed by atoms with Crippen LogP contribution in [0.3, 0.4) is 0 Å². The number of nitrogens with one attached hydrogen (secondary N) is 1. The summed E-state index contributed by atoms with van der Waals surface area (Å²) >= 11 is 17.5. The Balaban J connectivity index is 1.54. The summed E-state index contributed by atoms with van der Waals surface area (Å²) in [5, 5.41) is 1.22. The van der Waals surface area contributed by atoms with Gasteiger partial charge in [0.2, 0.25) is 0 Å². The smallest absolute Gasteiger partial charge is 0.177 e. The zero-order chi connectivity index (χ0) is 15.5. The number of nitrogens with zero attached hydrogens (tertiary/aromatic N) is 3. The molecule has 0 saturated heterocycles. The van der Waals surface area contributed by atoms with Crippen molar-refractivity contribution >= 4 is 46.0 Å². The molecule has 3 heterocycles. The number of aryl methyl sites for hydroxylation is 1. The molecule has 0 atom stereocenters. The highest BCUT2D eigenvalue weighted by molar-refractivity contribution is 6.41. The first-order chi connectivity index (χ1) is 10.6. The van der Waals surface area contributed by atoms with E-state index in [9.17, 15) is 0 Å². The Hall–Kier alpha value is -1.56. The van der Waals surface area contributed by atoms with Gasteiger partial charge in [-0.3, -0.25) is 0 Å². The van der Waals surface area contributed by atoms with Gasteiger partial charge in [0.1, 0.15) is 16.7 Å². The SMILES string of the molecule is Clc1cnc2nc(CCCOc3cnc(Cl)c(Cl)c3)[nH]c2c1. The molecule has 5 nitrogen and oxygen atoms in total. The zero-order valence-corrected chi connectivity index (χ0v) is 13.6. The molecule has 0 aromatic carbocycles. The lowest BCUT2D eigenvalue weighted by atomic mass is 10.3. The lowest BCUT2D eigenvalue weighted by Gasteiger charge is -2.05. The fourth-order valence-electron chi connectivity index (χ4n) is 1.96. The van der Waals surface area contributed by atoms with Crippen LogP contribution in [-0.2, 0) is 6.42 Å². The normalized spacial score (nSPS) is 11.0. The summed E-state index contributed by atoms with van der Waals surface area (Å²) in [5.74, 6) is 1.44. The van der Waals surface area contributed by atoms with E-state index in [1.165, 1.54) is 0 Å². The molecule has 0 aliphatic carbocycles. The van der Waals surface area contributed by atoms with E-state index in [-0.39, 0.29) is 5.15 Å². The Kier molecular flexibility index (Phi) is 4.66. The Morgan fingerprint density at radius 1 is 1.09 bits per heavy atom. The second-order valence-corrected chi connectivity index (χ2v) is 5.81. The summed E-state index contributed by atoms with van der Waals surface area (Å²) in [6.45, 7) is 0.519. The highest BCUT2D eigenvalue weighted by Gasteiger charge is 2.05. The van der Waals surface area contributed by atoms with Gasteiger partial charge in [-0.25, -0.2) is 15.0 Å². The number of aromatic nitrogens is 4. The van der Waals surface area contributed by atoms with Gasteiger partial charge in [0.25, 0.3) is 0 Å². The highest BCUT2D eigenvalue weighted by atomic mass is 35.5. The molecule has 1 N–H and O–H groups in total. The number of pyridine rings is 2. The van der Waals surface area contributed by atoms with Crippen LogP contribution in [0.25, 0.3) is 11.2 Å². The Bertz CT molecular complexity index is 806. The number of halogens is 3. The number of aromatic amines is 1. The maximum absolute atomic E-state index is 5.89. The average Bonchev–Trinajstić information content (AvgIpc) is 2.89. The monoisotopic (exact) mass is 356 g/mol. The van der Waals surface area contributed by atoms with Crippen LogP contribution in [-0.4, -0.2) is 26.5 Å². The molecule has 0 fully saturated rings. The van der Waals surface area contributed by atoms with Crippen LogP contribution >= 0.6 is 34.8 Å². The van der Waals surface area contributed by atoms with Gasteiger partial charge >= 0.3 is 0 Å². The third kappa shape index (κ3) is 3.61. The number of hydrogen-bond donors (Lipinski definition) is 1. The third-order valence-corrected chi connectivity index (χ3v) is 3.84. The molecule has 0 saturated carbocycles. The maximum atomic E-state index is 5.89. The van der Waals surface area contributed by atoms with E-state index >= 15 is 0 Å². The van der Waals surface area contributed by atoms with Crippen molar-refractivity contribution in [3.63, 3.8) is 0 Å². The lowest BCUT2D eigenvalue weighted by Crippen LogP contribution is -2.00. The number of fused-ring (bicyclic) bond motifs is 1. The van der Waals surface area contributed by atoms with Gasteiger partial charge in [-0.1, -0.05) is 34.8 Å². The highest BCUT2D eigenvalue weighted by Crippen LogP contribution is 2.23. The van der Waals surface area contributed by atoms with Gasteiger partial charge in [0.05, 0.1) is 28.4 Å². The Morgan fingerprint density at radius 2 is 1.95 bits per heavy atom. The van der Waals surface area contributed by atoms with Gasteiger partial charge in [-0.2, -0.15) is 0 Å². The summed E-state index contributed by atoms with van der Waals surface area (Å²) in [7, 11) is 0. The molecule has 8 heteroatoms. The maximum Gasteiger partial charge on any atom is 0.177 e. The molecule has 0 aliphatic heterocycles. The van der Waals surface area contributed by atoms with Crippen molar-refractivity contribution in [1.29, 1.82) is 0 Å². The summed E-state index contributed by atoms with van der Waals surface area (Å²) in [6, 6.07) is 3.45. The second kappa shape index (κ2) is 6.69. The predicted octanol–water partition coefficient (Wildman–Crippen LogP) is 4.32. The summed E-state index contributed by atoms with van der Waals surface area (Å²) < 4.78 is 5.57. The molecule has 0 aliphatic rings. The Labute approximate surface area is 141 Å². The fourth-order valence-corrected chi connectivity index (χ4v) is 2.37. The average molecular weight is 358 g/mol. The molecule has 3 rings (SSSR count). The quantitative estimate of drug-likeness (QED) is 0.545. The predicted molar refractivity (Wildman–Crippen MR) is 87.0 cm³/mol. The topological polar surface area (TPSA) is 63.7 Å². The number of H-pyrrole nitrogens is 1. The molecular weight excluding hydrogens is 347 g/mol. The molecular formula is C14H11Cl3N4O. The lowest BCUT2D eigenvalue weighted by molar-refractivity contribution is 0.309. The van der Waals surface area contributed by atoms with Crippen molar-refractivity contribution < 1.29 is 4.74 Å². The standard InChI is InChI=1S/C14H11Cl3N4O/c15-8-4-11-14(19-6-8)21-12(20-11)2-1-3-22-9-5-10(16)13(17)18-7-9/h4-7H,1-3H2,(H,19,20,21). The van der Waals surface area contributed by atoms with Gasteiger partial charge in [0, 0.05) is 18.7 Å². The van der Waals surface area contributed by atoms with Crippen molar-refractivity contribution in [2.24, 2.45) is 0 Å². The van der Waals surface area contributed by atoms with Crippen LogP contribution in [0.5, 0.6) is 5.75 Å². The van der Waals surface area contributed by atoms with Crippen LogP contribution < -0.4 is 4.74 Å². The molecule has 114 valence electrons. The van der Waals surface area contributed by atoms with E-state index in [1.807, 2.05) is 0 Å². The van der Waals surface area contributed by atoms with Crippen LogP contribution in [0.4, 0.5) is 0 Å².